The molecule has 1 aromatic carbocycles. The monoisotopic (exact) mass is 290 g/mol. The second-order valence-electron chi connectivity index (χ2n) is 3.75. The van der Waals surface area contributed by atoms with Crippen molar-refractivity contribution >= 4 is 27.7 Å². The summed E-state index contributed by atoms with van der Waals surface area (Å²) < 4.78 is 14.2. The SMILES string of the molecule is OC1(c2cccc(Br)c2F)CCSCC1. The van der Waals surface area contributed by atoms with Gasteiger partial charge in [0.05, 0.1) is 10.1 Å². The zero-order valence-corrected chi connectivity index (χ0v) is 10.6. The van der Waals surface area contributed by atoms with Crippen molar-refractivity contribution in [2.75, 3.05) is 11.5 Å². The first-order valence-corrected chi connectivity index (χ1v) is 6.83. The van der Waals surface area contributed by atoms with Gasteiger partial charge in [-0.15, -0.1) is 0 Å². The molecule has 0 spiro atoms. The van der Waals surface area contributed by atoms with E-state index in [1.54, 1.807) is 18.2 Å². The third-order valence-electron chi connectivity index (χ3n) is 2.77. The highest BCUT2D eigenvalue weighted by atomic mass is 79.9. The Morgan fingerprint density at radius 1 is 1.33 bits per heavy atom. The normalized spacial score (nSPS) is 20.2. The van der Waals surface area contributed by atoms with Crippen LogP contribution in [0.3, 0.4) is 0 Å². The maximum absolute atomic E-state index is 13.8. The van der Waals surface area contributed by atoms with E-state index in [4.69, 9.17) is 0 Å². The number of benzene rings is 1. The highest BCUT2D eigenvalue weighted by Gasteiger charge is 2.34. The summed E-state index contributed by atoms with van der Waals surface area (Å²) in [6.45, 7) is 0. The lowest BCUT2D eigenvalue weighted by Gasteiger charge is -2.32. The van der Waals surface area contributed by atoms with Crippen molar-refractivity contribution in [1.29, 1.82) is 0 Å². The van der Waals surface area contributed by atoms with Crippen LogP contribution in [-0.2, 0) is 5.60 Å². The van der Waals surface area contributed by atoms with Crippen molar-refractivity contribution in [2.45, 2.75) is 18.4 Å². The summed E-state index contributed by atoms with van der Waals surface area (Å²) in [5.74, 6) is 1.46. The van der Waals surface area contributed by atoms with Gasteiger partial charge in [0.2, 0.25) is 0 Å². The van der Waals surface area contributed by atoms with E-state index in [9.17, 15) is 9.50 Å². The summed E-state index contributed by atoms with van der Waals surface area (Å²) in [4.78, 5) is 0. The van der Waals surface area contributed by atoms with Gasteiger partial charge in [-0.1, -0.05) is 12.1 Å². The third kappa shape index (κ3) is 2.22. The summed E-state index contributed by atoms with van der Waals surface area (Å²) in [7, 11) is 0. The van der Waals surface area contributed by atoms with E-state index in [1.165, 1.54) is 0 Å². The van der Waals surface area contributed by atoms with Gasteiger partial charge in [0.25, 0.3) is 0 Å². The second-order valence-corrected chi connectivity index (χ2v) is 5.82. The molecule has 1 nitrogen and oxygen atoms in total. The van der Waals surface area contributed by atoms with Crippen LogP contribution in [0.2, 0.25) is 0 Å². The molecule has 0 amide bonds. The molecular formula is C11H12BrFOS. The van der Waals surface area contributed by atoms with Crippen molar-refractivity contribution < 1.29 is 9.50 Å². The molecule has 0 aromatic heterocycles. The molecule has 4 heteroatoms. The number of rotatable bonds is 1. The topological polar surface area (TPSA) is 20.2 Å². The number of hydrogen-bond donors (Lipinski definition) is 1. The average Bonchev–Trinajstić information content (AvgIpc) is 2.23. The Labute approximate surface area is 101 Å². The molecule has 15 heavy (non-hydrogen) atoms. The maximum atomic E-state index is 13.8. The zero-order valence-electron chi connectivity index (χ0n) is 8.17. The molecule has 1 aliphatic rings. The Bertz CT molecular complexity index is 364. The molecule has 0 radical (unpaired) electrons. The molecule has 0 unspecified atom stereocenters. The Morgan fingerprint density at radius 3 is 2.67 bits per heavy atom. The molecule has 1 aromatic rings. The molecule has 1 heterocycles. The summed E-state index contributed by atoms with van der Waals surface area (Å²) in [6.07, 6.45) is 1.26. The molecule has 1 aliphatic heterocycles. The first kappa shape index (κ1) is 11.4. The first-order valence-electron chi connectivity index (χ1n) is 4.88. The summed E-state index contributed by atoms with van der Waals surface area (Å²) in [5, 5.41) is 10.4. The van der Waals surface area contributed by atoms with Gasteiger partial charge in [0.1, 0.15) is 5.82 Å². The van der Waals surface area contributed by atoms with Crippen molar-refractivity contribution in [1.82, 2.24) is 0 Å². The Kier molecular flexibility index (Phi) is 3.38. The van der Waals surface area contributed by atoms with Crippen LogP contribution in [0.4, 0.5) is 4.39 Å². The quantitative estimate of drug-likeness (QED) is 0.856. The molecule has 0 atom stereocenters. The highest BCUT2D eigenvalue weighted by molar-refractivity contribution is 9.10. The second kappa shape index (κ2) is 4.44. The van der Waals surface area contributed by atoms with E-state index in [0.717, 1.165) is 11.5 Å². The van der Waals surface area contributed by atoms with Gasteiger partial charge < -0.3 is 5.11 Å². The van der Waals surface area contributed by atoms with Gasteiger partial charge in [-0.05, 0) is 46.3 Å². The van der Waals surface area contributed by atoms with Crippen molar-refractivity contribution in [3.05, 3.63) is 34.1 Å². The number of thioether (sulfide) groups is 1. The minimum absolute atomic E-state index is 0.327. The van der Waals surface area contributed by atoms with Gasteiger partial charge in [0.15, 0.2) is 0 Å². The molecule has 1 fully saturated rings. The van der Waals surface area contributed by atoms with E-state index < -0.39 is 5.60 Å². The fourth-order valence-electron chi connectivity index (χ4n) is 1.84. The van der Waals surface area contributed by atoms with Crippen LogP contribution in [0.5, 0.6) is 0 Å². The van der Waals surface area contributed by atoms with Crippen LogP contribution in [0.25, 0.3) is 0 Å². The Morgan fingerprint density at radius 2 is 2.00 bits per heavy atom. The molecule has 1 saturated heterocycles. The largest absolute Gasteiger partial charge is 0.385 e. The lowest BCUT2D eigenvalue weighted by Crippen LogP contribution is -2.31. The number of hydrogen-bond acceptors (Lipinski definition) is 2. The highest BCUT2D eigenvalue weighted by Crippen LogP contribution is 2.38. The molecule has 0 aliphatic carbocycles. The predicted octanol–water partition coefficient (Wildman–Crippen LogP) is 3.30. The van der Waals surface area contributed by atoms with E-state index in [1.807, 2.05) is 11.8 Å². The summed E-state index contributed by atoms with van der Waals surface area (Å²) in [6, 6.07) is 5.10. The van der Waals surface area contributed by atoms with Crippen molar-refractivity contribution in [3.8, 4) is 0 Å². The van der Waals surface area contributed by atoms with Gasteiger partial charge in [-0.3, -0.25) is 0 Å². The van der Waals surface area contributed by atoms with Crippen molar-refractivity contribution in [3.63, 3.8) is 0 Å². The molecule has 0 bridgehead atoms. The molecule has 2 rings (SSSR count). The fraction of sp³-hybridized carbons (Fsp3) is 0.455. The molecule has 82 valence electrons. The van der Waals surface area contributed by atoms with Crippen LogP contribution in [0.15, 0.2) is 22.7 Å². The first-order chi connectivity index (χ1) is 7.13. The Balaban J connectivity index is 2.39. The standard InChI is InChI=1S/C11H12BrFOS/c12-9-3-1-2-8(10(9)13)11(14)4-6-15-7-5-11/h1-3,14H,4-7H2. The van der Waals surface area contributed by atoms with Crippen LogP contribution in [0.1, 0.15) is 18.4 Å². The lowest BCUT2D eigenvalue weighted by atomic mass is 9.88. The van der Waals surface area contributed by atoms with Crippen LogP contribution in [-0.4, -0.2) is 16.6 Å². The number of aliphatic hydroxyl groups is 1. The van der Waals surface area contributed by atoms with Gasteiger partial charge in [0, 0.05) is 5.56 Å². The van der Waals surface area contributed by atoms with Gasteiger partial charge in [-0.25, -0.2) is 4.39 Å². The third-order valence-corrected chi connectivity index (χ3v) is 4.37. The Hall–Kier alpha value is -0.0600. The minimum Gasteiger partial charge on any atom is -0.385 e. The van der Waals surface area contributed by atoms with Crippen LogP contribution >= 0.6 is 27.7 Å². The smallest absolute Gasteiger partial charge is 0.143 e. The molecule has 1 N–H and O–H groups in total. The van der Waals surface area contributed by atoms with Crippen LogP contribution in [0, 0.1) is 5.82 Å². The van der Waals surface area contributed by atoms with E-state index in [-0.39, 0.29) is 5.82 Å². The van der Waals surface area contributed by atoms with Crippen LogP contribution < -0.4 is 0 Å². The van der Waals surface area contributed by atoms with E-state index >= 15 is 0 Å². The minimum atomic E-state index is -0.973. The molecular weight excluding hydrogens is 279 g/mol. The van der Waals surface area contributed by atoms with Gasteiger partial charge in [-0.2, -0.15) is 11.8 Å². The summed E-state index contributed by atoms with van der Waals surface area (Å²) >= 11 is 4.95. The van der Waals surface area contributed by atoms with Gasteiger partial charge >= 0.3 is 0 Å². The van der Waals surface area contributed by atoms with E-state index in [0.29, 0.717) is 22.9 Å². The predicted molar refractivity (Wildman–Crippen MR) is 64.6 cm³/mol. The summed E-state index contributed by atoms with van der Waals surface area (Å²) in [5.41, 5.74) is -0.545. The average molecular weight is 291 g/mol. The van der Waals surface area contributed by atoms with Crippen molar-refractivity contribution in [2.24, 2.45) is 0 Å². The lowest BCUT2D eigenvalue weighted by molar-refractivity contribution is 0.0244. The maximum Gasteiger partial charge on any atom is 0.143 e. The fourth-order valence-corrected chi connectivity index (χ4v) is 3.38. The molecule has 0 saturated carbocycles. The van der Waals surface area contributed by atoms with E-state index in [2.05, 4.69) is 15.9 Å². The zero-order chi connectivity index (χ0) is 10.9. The number of halogens is 2.